The number of rotatable bonds is 6. The van der Waals surface area contributed by atoms with E-state index in [1.165, 1.54) is 0 Å². The minimum Gasteiger partial charge on any atom is -0.356 e. The van der Waals surface area contributed by atoms with Gasteiger partial charge in [-0.1, -0.05) is 46.6 Å². The Hall–Kier alpha value is -1.91. The third-order valence-electron chi connectivity index (χ3n) is 3.68. The molecule has 0 atom stereocenters. The number of aromatic nitrogens is 3. The van der Waals surface area contributed by atoms with Crippen LogP contribution in [0.25, 0.3) is 11.4 Å². The van der Waals surface area contributed by atoms with E-state index >= 15 is 0 Å². The highest BCUT2D eigenvalue weighted by Crippen LogP contribution is 2.19. The molecular formula is C18H19Cl2IN6O. The number of hydrogen-bond acceptors (Lipinski definition) is 5. The number of pyridine rings is 1. The largest absolute Gasteiger partial charge is 0.356 e. The molecule has 1 aromatic carbocycles. The molecule has 0 unspecified atom stereocenters. The van der Waals surface area contributed by atoms with Crippen molar-refractivity contribution >= 4 is 53.1 Å². The van der Waals surface area contributed by atoms with Crippen molar-refractivity contribution in [2.75, 3.05) is 13.6 Å². The lowest BCUT2D eigenvalue weighted by atomic mass is 10.2. The van der Waals surface area contributed by atoms with Crippen molar-refractivity contribution in [2.45, 2.75) is 13.0 Å². The molecule has 28 heavy (non-hydrogen) atoms. The minimum absolute atomic E-state index is 0. The second-order valence-corrected chi connectivity index (χ2v) is 6.44. The lowest BCUT2D eigenvalue weighted by Gasteiger charge is -2.10. The summed E-state index contributed by atoms with van der Waals surface area (Å²) in [5.41, 5.74) is 1.89. The molecule has 0 amide bonds. The average molecular weight is 533 g/mol. The predicted octanol–water partition coefficient (Wildman–Crippen LogP) is 3.96. The molecule has 2 N–H and O–H groups in total. The summed E-state index contributed by atoms with van der Waals surface area (Å²) in [6.07, 6.45) is 2.56. The standard InChI is InChI=1S/C18H18Cl2N6O.HI/c1-21-18(22-8-7-12-5-6-15(20)23-10-12)24-11-16-25-17(26-27-16)13-3-2-4-14(19)9-13;/h2-6,9-10H,7-8,11H2,1H3,(H2,21,22,24);1H. The number of nitrogens with zero attached hydrogens (tertiary/aromatic N) is 4. The minimum atomic E-state index is 0. The fourth-order valence-electron chi connectivity index (χ4n) is 2.33. The van der Waals surface area contributed by atoms with E-state index in [0.29, 0.717) is 40.9 Å². The van der Waals surface area contributed by atoms with Gasteiger partial charge in [0, 0.05) is 30.4 Å². The van der Waals surface area contributed by atoms with E-state index in [1.807, 2.05) is 18.2 Å². The van der Waals surface area contributed by atoms with Gasteiger partial charge < -0.3 is 15.2 Å². The van der Waals surface area contributed by atoms with Crippen molar-refractivity contribution in [3.05, 3.63) is 64.2 Å². The molecule has 3 aromatic rings. The molecule has 148 valence electrons. The maximum Gasteiger partial charge on any atom is 0.246 e. The van der Waals surface area contributed by atoms with E-state index in [0.717, 1.165) is 17.5 Å². The topological polar surface area (TPSA) is 88.2 Å². The Morgan fingerprint density at radius 1 is 1.18 bits per heavy atom. The quantitative estimate of drug-likeness (QED) is 0.216. The number of nitrogens with one attached hydrogen (secondary N) is 2. The summed E-state index contributed by atoms with van der Waals surface area (Å²) in [5, 5.41) is 11.4. The van der Waals surface area contributed by atoms with Crippen LogP contribution in [0.2, 0.25) is 10.2 Å². The Kier molecular flexibility index (Phi) is 8.94. The monoisotopic (exact) mass is 532 g/mol. The SMILES string of the molecule is CN=C(NCCc1ccc(Cl)nc1)NCc1nc(-c2cccc(Cl)c2)no1.I. The van der Waals surface area contributed by atoms with E-state index in [-0.39, 0.29) is 24.0 Å². The molecule has 3 rings (SSSR count). The molecule has 0 saturated carbocycles. The van der Waals surface area contributed by atoms with E-state index in [1.54, 1.807) is 31.4 Å². The Labute approximate surface area is 190 Å². The lowest BCUT2D eigenvalue weighted by Crippen LogP contribution is -2.37. The lowest BCUT2D eigenvalue weighted by molar-refractivity contribution is 0.375. The highest BCUT2D eigenvalue weighted by atomic mass is 127. The summed E-state index contributed by atoms with van der Waals surface area (Å²) in [5.74, 6) is 1.58. The number of aliphatic imine (C=N–C) groups is 1. The summed E-state index contributed by atoms with van der Waals surface area (Å²) in [7, 11) is 1.70. The first-order valence-corrected chi connectivity index (χ1v) is 9.03. The zero-order chi connectivity index (χ0) is 19.1. The van der Waals surface area contributed by atoms with Crippen LogP contribution < -0.4 is 10.6 Å². The van der Waals surface area contributed by atoms with Crippen LogP contribution in [0.5, 0.6) is 0 Å². The number of hydrogen-bond donors (Lipinski definition) is 2. The fourth-order valence-corrected chi connectivity index (χ4v) is 2.63. The van der Waals surface area contributed by atoms with Crippen molar-refractivity contribution in [3.63, 3.8) is 0 Å². The van der Waals surface area contributed by atoms with E-state index in [4.69, 9.17) is 27.7 Å². The first kappa shape index (κ1) is 22.4. The van der Waals surface area contributed by atoms with Crippen molar-refractivity contribution in [3.8, 4) is 11.4 Å². The molecule has 0 radical (unpaired) electrons. The molecular weight excluding hydrogens is 514 g/mol. The van der Waals surface area contributed by atoms with Gasteiger partial charge in [-0.15, -0.1) is 24.0 Å². The Morgan fingerprint density at radius 3 is 2.75 bits per heavy atom. The van der Waals surface area contributed by atoms with Gasteiger partial charge in [0.15, 0.2) is 5.96 Å². The van der Waals surface area contributed by atoms with Crippen LogP contribution in [0.1, 0.15) is 11.5 Å². The van der Waals surface area contributed by atoms with Gasteiger partial charge in [-0.25, -0.2) is 4.98 Å². The summed E-state index contributed by atoms with van der Waals surface area (Å²) in [6, 6.07) is 11.0. The maximum absolute atomic E-state index is 5.99. The van der Waals surface area contributed by atoms with Gasteiger partial charge in [0.1, 0.15) is 5.15 Å². The molecule has 2 heterocycles. The molecule has 0 spiro atoms. The van der Waals surface area contributed by atoms with Crippen LogP contribution in [-0.2, 0) is 13.0 Å². The first-order valence-electron chi connectivity index (χ1n) is 8.27. The highest BCUT2D eigenvalue weighted by Gasteiger charge is 2.09. The van der Waals surface area contributed by atoms with Crippen LogP contribution in [0.15, 0.2) is 52.1 Å². The number of halogens is 3. The molecule has 10 heteroatoms. The van der Waals surface area contributed by atoms with Crippen LogP contribution >= 0.6 is 47.2 Å². The van der Waals surface area contributed by atoms with Gasteiger partial charge in [0.2, 0.25) is 11.7 Å². The van der Waals surface area contributed by atoms with Gasteiger partial charge in [0.05, 0.1) is 6.54 Å². The van der Waals surface area contributed by atoms with Gasteiger partial charge >= 0.3 is 0 Å². The van der Waals surface area contributed by atoms with Crippen molar-refractivity contribution in [1.82, 2.24) is 25.8 Å². The summed E-state index contributed by atoms with van der Waals surface area (Å²) < 4.78 is 5.27. The predicted molar refractivity (Wildman–Crippen MR) is 121 cm³/mol. The molecule has 0 aliphatic carbocycles. The van der Waals surface area contributed by atoms with Gasteiger partial charge in [-0.2, -0.15) is 4.98 Å². The van der Waals surface area contributed by atoms with Crippen molar-refractivity contribution < 1.29 is 4.52 Å². The second-order valence-electron chi connectivity index (χ2n) is 5.61. The smallest absolute Gasteiger partial charge is 0.246 e. The van der Waals surface area contributed by atoms with E-state index in [9.17, 15) is 0 Å². The molecule has 2 aromatic heterocycles. The van der Waals surface area contributed by atoms with Crippen molar-refractivity contribution in [1.29, 1.82) is 0 Å². The number of guanidine groups is 1. The summed E-state index contributed by atoms with van der Waals surface area (Å²) in [6.45, 7) is 1.05. The third-order valence-corrected chi connectivity index (χ3v) is 4.14. The molecule has 7 nitrogen and oxygen atoms in total. The van der Waals surface area contributed by atoms with Crippen molar-refractivity contribution in [2.24, 2.45) is 4.99 Å². The molecule has 0 aliphatic rings. The van der Waals surface area contributed by atoms with Crippen LogP contribution in [0.3, 0.4) is 0 Å². The summed E-state index contributed by atoms with van der Waals surface area (Å²) in [4.78, 5) is 12.6. The molecule has 0 bridgehead atoms. The fraction of sp³-hybridized carbons (Fsp3) is 0.222. The highest BCUT2D eigenvalue weighted by molar-refractivity contribution is 14.0. The van der Waals surface area contributed by atoms with E-state index in [2.05, 4.69) is 30.8 Å². The Morgan fingerprint density at radius 2 is 2.04 bits per heavy atom. The molecule has 0 saturated heterocycles. The first-order chi connectivity index (χ1) is 13.1. The van der Waals surface area contributed by atoms with Crippen LogP contribution in [-0.4, -0.2) is 34.7 Å². The van der Waals surface area contributed by atoms with Gasteiger partial charge in [-0.05, 0) is 30.2 Å². The van der Waals surface area contributed by atoms with Gasteiger partial charge in [0.25, 0.3) is 0 Å². The van der Waals surface area contributed by atoms with E-state index < -0.39 is 0 Å². The van der Waals surface area contributed by atoms with Crippen LogP contribution in [0, 0.1) is 0 Å². The van der Waals surface area contributed by atoms with Gasteiger partial charge in [-0.3, -0.25) is 4.99 Å². The maximum atomic E-state index is 5.99. The Bertz CT molecular complexity index is 916. The molecule has 0 fully saturated rings. The zero-order valence-electron chi connectivity index (χ0n) is 15.0. The third kappa shape index (κ3) is 6.61. The Balaban J connectivity index is 0.00000280. The average Bonchev–Trinajstić information content (AvgIpc) is 3.15. The summed E-state index contributed by atoms with van der Waals surface area (Å²) >= 11 is 11.8. The second kappa shape index (κ2) is 11.2. The van der Waals surface area contributed by atoms with Crippen LogP contribution in [0.4, 0.5) is 0 Å². The molecule has 0 aliphatic heterocycles. The normalized spacial score (nSPS) is 11.0. The number of benzene rings is 1. The zero-order valence-corrected chi connectivity index (χ0v) is 18.9.